The highest BCUT2D eigenvalue weighted by molar-refractivity contribution is 5.08. The molecule has 1 fully saturated rings. The molecule has 0 amide bonds. The van der Waals surface area contributed by atoms with Crippen LogP contribution in [0.15, 0.2) is 24.5 Å². The fourth-order valence-electron chi connectivity index (χ4n) is 1.99. The van der Waals surface area contributed by atoms with E-state index < -0.39 is 0 Å². The summed E-state index contributed by atoms with van der Waals surface area (Å²) in [4.78, 5) is 4.00. The van der Waals surface area contributed by atoms with E-state index in [9.17, 15) is 0 Å². The summed E-state index contributed by atoms with van der Waals surface area (Å²) in [6, 6.07) is 4.78. The van der Waals surface area contributed by atoms with Crippen LogP contribution >= 0.6 is 0 Å². The molecule has 3 heteroatoms. The van der Waals surface area contributed by atoms with Crippen LogP contribution in [0.2, 0.25) is 0 Å². The lowest BCUT2D eigenvalue weighted by Crippen LogP contribution is -2.41. The monoisotopic (exact) mass is 205 g/mol. The van der Waals surface area contributed by atoms with Crippen LogP contribution in [-0.2, 0) is 6.54 Å². The fourth-order valence-corrected chi connectivity index (χ4v) is 1.99. The minimum absolute atomic E-state index is 0.667. The van der Waals surface area contributed by atoms with Gasteiger partial charge in [0.2, 0.25) is 0 Å². The molecule has 0 aliphatic carbocycles. The van der Waals surface area contributed by atoms with E-state index >= 15 is 0 Å². The number of piperidine rings is 1. The van der Waals surface area contributed by atoms with Gasteiger partial charge in [0.1, 0.15) is 0 Å². The minimum Gasteiger partial charge on any atom is -0.313 e. The Kier molecular flexibility index (Phi) is 4.11. The molecule has 0 radical (unpaired) electrons. The zero-order valence-corrected chi connectivity index (χ0v) is 9.08. The minimum atomic E-state index is 0.667. The lowest BCUT2D eigenvalue weighted by Gasteiger charge is -2.23. The smallest absolute Gasteiger partial charge is 0.0271 e. The molecule has 1 saturated heterocycles. The van der Waals surface area contributed by atoms with E-state index in [0.717, 1.165) is 13.1 Å². The molecule has 1 atom stereocenters. The van der Waals surface area contributed by atoms with Gasteiger partial charge in [-0.25, -0.2) is 0 Å². The maximum absolute atomic E-state index is 4.00. The van der Waals surface area contributed by atoms with Crippen molar-refractivity contribution in [3.63, 3.8) is 0 Å². The van der Waals surface area contributed by atoms with Gasteiger partial charge in [0.05, 0.1) is 0 Å². The maximum atomic E-state index is 4.00. The van der Waals surface area contributed by atoms with Gasteiger partial charge in [-0.3, -0.25) is 4.98 Å². The largest absolute Gasteiger partial charge is 0.313 e. The van der Waals surface area contributed by atoms with Crippen LogP contribution in [0.25, 0.3) is 0 Å². The van der Waals surface area contributed by atoms with Crippen molar-refractivity contribution in [2.75, 3.05) is 13.1 Å². The molecular weight excluding hydrogens is 186 g/mol. The first-order valence-electron chi connectivity index (χ1n) is 5.78. The summed E-state index contributed by atoms with van der Waals surface area (Å²) >= 11 is 0. The van der Waals surface area contributed by atoms with Crippen molar-refractivity contribution >= 4 is 0 Å². The van der Waals surface area contributed by atoms with Crippen LogP contribution in [0.3, 0.4) is 0 Å². The summed E-state index contributed by atoms with van der Waals surface area (Å²) in [6.07, 6.45) is 7.70. The van der Waals surface area contributed by atoms with E-state index in [-0.39, 0.29) is 0 Å². The van der Waals surface area contributed by atoms with Gasteiger partial charge in [-0.05, 0) is 37.1 Å². The lowest BCUT2D eigenvalue weighted by molar-refractivity contribution is 0.383. The molecule has 0 bridgehead atoms. The van der Waals surface area contributed by atoms with Crippen molar-refractivity contribution in [3.8, 4) is 0 Å². The Hall–Kier alpha value is -0.930. The number of nitrogens with one attached hydrogen (secondary N) is 2. The summed E-state index contributed by atoms with van der Waals surface area (Å²) in [5.74, 6) is 0. The van der Waals surface area contributed by atoms with Crippen molar-refractivity contribution < 1.29 is 0 Å². The van der Waals surface area contributed by atoms with Crippen molar-refractivity contribution in [1.29, 1.82) is 0 Å². The van der Waals surface area contributed by atoms with Crippen molar-refractivity contribution in [3.05, 3.63) is 30.1 Å². The predicted molar refractivity (Wildman–Crippen MR) is 61.6 cm³/mol. The molecule has 82 valence electrons. The van der Waals surface area contributed by atoms with Gasteiger partial charge in [-0.1, -0.05) is 6.42 Å². The fraction of sp³-hybridized carbons (Fsp3) is 0.583. The van der Waals surface area contributed by atoms with Crippen LogP contribution in [0.5, 0.6) is 0 Å². The molecule has 15 heavy (non-hydrogen) atoms. The molecule has 2 rings (SSSR count). The van der Waals surface area contributed by atoms with Gasteiger partial charge in [0.15, 0.2) is 0 Å². The van der Waals surface area contributed by atoms with E-state index in [2.05, 4.69) is 27.8 Å². The molecule has 2 heterocycles. The average Bonchev–Trinajstić information content (AvgIpc) is 2.32. The summed E-state index contributed by atoms with van der Waals surface area (Å²) in [5, 5.41) is 7.01. The molecule has 1 aliphatic rings. The third kappa shape index (κ3) is 3.61. The molecule has 0 saturated carbocycles. The first-order valence-corrected chi connectivity index (χ1v) is 5.78. The zero-order chi connectivity index (χ0) is 10.3. The van der Waals surface area contributed by atoms with E-state index in [1.807, 2.05) is 12.4 Å². The second-order valence-corrected chi connectivity index (χ2v) is 4.13. The second-order valence-electron chi connectivity index (χ2n) is 4.13. The standard InChI is InChI=1S/C12H19N3/c1-2-6-15-12(3-1)10-14-9-11-4-7-13-8-5-11/h4-5,7-8,12,14-15H,1-3,6,9-10H2/t12-/m0/s1. The number of hydrogen-bond donors (Lipinski definition) is 2. The number of aromatic nitrogens is 1. The summed E-state index contributed by atoms with van der Waals surface area (Å²) < 4.78 is 0. The summed E-state index contributed by atoms with van der Waals surface area (Å²) in [6.45, 7) is 3.20. The maximum Gasteiger partial charge on any atom is 0.0271 e. The average molecular weight is 205 g/mol. The van der Waals surface area contributed by atoms with E-state index in [1.165, 1.54) is 31.4 Å². The van der Waals surface area contributed by atoms with Crippen LogP contribution in [-0.4, -0.2) is 24.1 Å². The Labute approximate surface area is 91.3 Å². The first kappa shape index (κ1) is 10.6. The van der Waals surface area contributed by atoms with Crippen molar-refractivity contribution in [1.82, 2.24) is 15.6 Å². The van der Waals surface area contributed by atoms with Crippen LogP contribution in [0.1, 0.15) is 24.8 Å². The normalized spacial score (nSPS) is 21.5. The molecule has 0 spiro atoms. The highest BCUT2D eigenvalue weighted by Gasteiger charge is 2.10. The topological polar surface area (TPSA) is 37.0 Å². The molecular formula is C12H19N3. The molecule has 3 nitrogen and oxygen atoms in total. The van der Waals surface area contributed by atoms with E-state index in [4.69, 9.17) is 0 Å². The van der Waals surface area contributed by atoms with Gasteiger partial charge in [0.25, 0.3) is 0 Å². The third-order valence-corrected chi connectivity index (χ3v) is 2.88. The Balaban J connectivity index is 1.66. The Morgan fingerprint density at radius 3 is 2.93 bits per heavy atom. The number of rotatable bonds is 4. The highest BCUT2D eigenvalue weighted by atomic mass is 15.0. The number of hydrogen-bond acceptors (Lipinski definition) is 3. The quantitative estimate of drug-likeness (QED) is 0.778. The van der Waals surface area contributed by atoms with Crippen molar-refractivity contribution in [2.45, 2.75) is 31.8 Å². The van der Waals surface area contributed by atoms with Gasteiger partial charge < -0.3 is 10.6 Å². The molecule has 0 unspecified atom stereocenters. The molecule has 1 aliphatic heterocycles. The SMILES string of the molecule is c1cc(CNC[C@@H]2CCCCN2)ccn1. The van der Waals surface area contributed by atoms with Crippen molar-refractivity contribution in [2.24, 2.45) is 0 Å². The molecule has 1 aromatic heterocycles. The number of pyridine rings is 1. The number of nitrogens with zero attached hydrogens (tertiary/aromatic N) is 1. The van der Waals surface area contributed by atoms with Crippen LogP contribution in [0.4, 0.5) is 0 Å². The van der Waals surface area contributed by atoms with Gasteiger partial charge >= 0.3 is 0 Å². The second kappa shape index (κ2) is 5.83. The first-order chi connectivity index (χ1) is 7.45. The lowest BCUT2D eigenvalue weighted by atomic mass is 10.1. The molecule has 0 aromatic carbocycles. The predicted octanol–water partition coefficient (Wildman–Crippen LogP) is 1.31. The van der Waals surface area contributed by atoms with Crippen LogP contribution in [0, 0.1) is 0 Å². The van der Waals surface area contributed by atoms with Gasteiger partial charge in [-0.15, -0.1) is 0 Å². The van der Waals surface area contributed by atoms with E-state index in [1.54, 1.807) is 0 Å². The third-order valence-electron chi connectivity index (χ3n) is 2.88. The Morgan fingerprint density at radius 1 is 1.33 bits per heavy atom. The zero-order valence-electron chi connectivity index (χ0n) is 9.08. The Morgan fingerprint density at radius 2 is 2.20 bits per heavy atom. The van der Waals surface area contributed by atoms with Crippen LogP contribution < -0.4 is 10.6 Å². The van der Waals surface area contributed by atoms with E-state index in [0.29, 0.717) is 6.04 Å². The molecule has 2 N–H and O–H groups in total. The Bertz CT molecular complexity index is 267. The highest BCUT2D eigenvalue weighted by Crippen LogP contribution is 2.06. The summed E-state index contributed by atoms with van der Waals surface area (Å²) in [7, 11) is 0. The molecule has 1 aromatic rings. The van der Waals surface area contributed by atoms with Gasteiger partial charge in [-0.2, -0.15) is 0 Å². The van der Waals surface area contributed by atoms with Gasteiger partial charge in [0, 0.05) is 31.5 Å². The summed E-state index contributed by atoms with van der Waals surface area (Å²) in [5.41, 5.74) is 1.31.